The van der Waals surface area contributed by atoms with Crippen LogP contribution in [0.1, 0.15) is 113 Å². The molecule has 44 heavy (non-hydrogen) atoms. The Morgan fingerprint density at radius 1 is 0.727 bits per heavy atom. The number of benzene rings is 2. The predicted molar refractivity (Wildman–Crippen MR) is 174 cm³/mol. The highest BCUT2D eigenvalue weighted by Gasteiger charge is 2.23. The van der Waals surface area contributed by atoms with Gasteiger partial charge in [-0.3, -0.25) is 4.98 Å². The van der Waals surface area contributed by atoms with Gasteiger partial charge in [0, 0.05) is 19.3 Å². The van der Waals surface area contributed by atoms with E-state index < -0.39 is 0 Å². The van der Waals surface area contributed by atoms with Crippen molar-refractivity contribution < 1.29 is 18.9 Å². The van der Waals surface area contributed by atoms with Crippen molar-refractivity contribution in [2.45, 2.75) is 122 Å². The van der Waals surface area contributed by atoms with Gasteiger partial charge in [-0.05, 0) is 102 Å². The Kier molecular flexibility index (Phi) is 13.0. The molecule has 0 spiro atoms. The second-order valence-electron chi connectivity index (χ2n) is 12.4. The van der Waals surface area contributed by atoms with E-state index in [0.29, 0.717) is 6.04 Å². The lowest BCUT2D eigenvalue weighted by Gasteiger charge is -2.28. The van der Waals surface area contributed by atoms with Crippen molar-refractivity contribution in [1.29, 1.82) is 0 Å². The van der Waals surface area contributed by atoms with Crippen molar-refractivity contribution in [3.8, 4) is 0 Å². The fraction of sp³-hybridized carbons (Fsp3) is 0.568. The van der Waals surface area contributed by atoms with Crippen LogP contribution >= 0.6 is 0 Å². The lowest BCUT2D eigenvalue weighted by molar-refractivity contribution is -0.191. The zero-order valence-electron chi connectivity index (χ0n) is 26.7. The smallest absolute Gasteiger partial charge is 0.158 e. The standard InChI is InChI=1S/C37H51N3O4/c1-28(2)39-35-27-38-31(19-13-21-33(29-15-5-3-6-16-29)43-36-23-9-11-25-41-36)32(40-35)20-14-22-34(30-17-7-4-8-18-30)44-37-24-10-12-26-42-37/h3-8,15-18,27-28,33-34,36-37H,9-14,19-26H2,1-2H3,(H,39,40). The maximum absolute atomic E-state index is 6.52. The maximum Gasteiger partial charge on any atom is 0.158 e. The topological polar surface area (TPSA) is 74.7 Å². The van der Waals surface area contributed by atoms with E-state index in [1.807, 2.05) is 6.20 Å². The third-order valence-electron chi connectivity index (χ3n) is 8.38. The molecular formula is C37H51N3O4. The van der Waals surface area contributed by atoms with E-state index in [9.17, 15) is 0 Å². The summed E-state index contributed by atoms with van der Waals surface area (Å²) in [6.07, 6.45) is 13.5. The lowest BCUT2D eigenvalue weighted by Crippen LogP contribution is -2.24. The van der Waals surface area contributed by atoms with E-state index in [-0.39, 0.29) is 24.8 Å². The first kappa shape index (κ1) is 32.6. The van der Waals surface area contributed by atoms with Crippen LogP contribution in [0.4, 0.5) is 5.82 Å². The molecule has 0 aliphatic carbocycles. The van der Waals surface area contributed by atoms with Crippen LogP contribution in [0.25, 0.3) is 0 Å². The van der Waals surface area contributed by atoms with Gasteiger partial charge >= 0.3 is 0 Å². The number of aromatic nitrogens is 2. The van der Waals surface area contributed by atoms with Crippen LogP contribution in [-0.4, -0.2) is 41.8 Å². The molecular weight excluding hydrogens is 550 g/mol. The van der Waals surface area contributed by atoms with Crippen LogP contribution in [0.2, 0.25) is 0 Å². The van der Waals surface area contributed by atoms with Gasteiger partial charge in [0.15, 0.2) is 12.6 Å². The summed E-state index contributed by atoms with van der Waals surface area (Å²) in [6.45, 7) is 5.82. The molecule has 1 aromatic heterocycles. The predicted octanol–water partition coefficient (Wildman–Crippen LogP) is 8.51. The average Bonchev–Trinajstić information content (AvgIpc) is 3.06. The van der Waals surface area contributed by atoms with E-state index in [2.05, 4.69) is 79.8 Å². The second-order valence-corrected chi connectivity index (χ2v) is 12.4. The minimum absolute atomic E-state index is 0.00142. The minimum atomic E-state index is -0.123. The van der Waals surface area contributed by atoms with E-state index in [1.165, 1.54) is 11.1 Å². The zero-order valence-corrected chi connectivity index (χ0v) is 26.7. The minimum Gasteiger partial charge on any atom is -0.367 e. The molecule has 238 valence electrons. The van der Waals surface area contributed by atoms with E-state index in [4.69, 9.17) is 28.9 Å². The van der Waals surface area contributed by atoms with Crippen molar-refractivity contribution in [3.63, 3.8) is 0 Å². The van der Waals surface area contributed by atoms with Crippen LogP contribution in [0.5, 0.6) is 0 Å². The average molecular weight is 602 g/mol. The largest absolute Gasteiger partial charge is 0.367 e. The first-order valence-electron chi connectivity index (χ1n) is 16.9. The van der Waals surface area contributed by atoms with Crippen molar-refractivity contribution >= 4 is 5.82 Å². The van der Waals surface area contributed by atoms with Crippen LogP contribution in [-0.2, 0) is 31.8 Å². The van der Waals surface area contributed by atoms with E-state index in [1.54, 1.807) is 0 Å². The highest BCUT2D eigenvalue weighted by atomic mass is 16.7. The number of rotatable bonds is 16. The number of nitrogens with one attached hydrogen (secondary N) is 1. The Labute approximate surface area is 264 Å². The molecule has 5 rings (SSSR count). The monoisotopic (exact) mass is 601 g/mol. The number of nitrogens with zero attached hydrogens (tertiary/aromatic N) is 2. The number of hydrogen-bond donors (Lipinski definition) is 1. The summed E-state index contributed by atoms with van der Waals surface area (Å²) in [5.41, 5.74) is 4.56. The van der Waals surface area contributed by atoms with Crippen LogP contribution in [0.15, 0.2) is 66.9 Å². The summed E-state index contributed by atoms with van der Waals surface area (Å²) in [5.74, 6) is 0.838. The summed E-state index contributed by atoms with van der Waals surface area (Å²) in [6, 6.07) is 21.4. The third kappa shape index (κ3) is 10.4. The van der Waals surface area contributed by atoms with Crippen molar-refractivity contribution in [3.05, 3.63) is 89.4 Å². The van der Waals surface area contributed by atoms with Crippen LogP contribution in [0.3, 0.4) is 0 Å². The first-order chi connectivity index (χ1) is 21.6. The summed E-state index contributed by atoms with van der Waals surface area (Å²) in [7, 11) is 0. The molecule has 4 atom stereocenters. The Hall–Kier alpha value is -2.84. The fourth-order valence-electron chi connectivity index (χ4n) is 6.10. The molecule has 4 unspecified atom stereocenters. The molecule has 2 saturated heterocycles. The first-order valence-corrected chi connectivity index (χ1v) is 16.9. The maximum atomic E-state index is 6.52. The number of hydrogen-bond acceptors (Lipinski definition) is 7. The molecule has 7 heteroatoms. The number of ether oxygens (including phenoxy) is 4. The van der Waals surface area contributed by atoms with Gasteiger partial charge in [-0.25, -0.2) is 4.98 Å². The van der Waals surface area contributed by atoms with E-state index in [0.717, 1.165) is 107 Å². The molecule has 3 heterocycles. The molecule has 2 aromatic carbocycles. The van der Waals surface area contributed by atoms with Crippen molar-refractivity contribution in [1.82, 2.24) is 9.97 Å². The lowest BCUT2D eigenvalue weighted by atomic mass is 9.99. The normalized spacial score (nSPS) is 20.3. The third-order valence-corrected chi connectivity index (χ3v) is 8.38. The SMILES string of the molecule is CC(C)Nc1cnc(CCCC(OC2CCCCO2)c2ccccc2)c(CCCC(OC2CCCCO2)c2ccccc2)n1. The van der Waals surface area contributed by atoms with Crippen molar-refractivity contribution in [2.24, 2.45) is 0 Å². The summed E-state index contributed by atoms with van der Waals surface area (Å²) < 4.78 is 24.9. The van der Waals surface area contributed by atoms with Crippen LogP contribution < -0.4 is 5.32 Å². The highest BCUT2D eigenvalue weighted by molar-refractivity contribution is 5.35. The summed E-state index contributed by atoms with van der Waals surface area (Å²) in [4.78, 5) is 9.98. The van der Waals surface area contributed by atoms with Gasteiger partial charge < -0.3 is 24.3 Å². The highest BCUT2D eigenvalue weighted by Crippen LogP contribution is 2.30. The Bertz CT molecular complexity index is 1210. The fourth-order valence-corrected chi connectivity index (χ4v) is 6.10. The number of aryl methyl sites for hydroxylation is 2. The Morgan fingerprint density at radius 2 is 1.25 bits per heavy atom. The molecule has 0 saturated carbocycles. The van der Waals surface area contributed by atoms with Gasteiger partial charge in [-0.15, -0.1) is 0 Å². The molecule has 7 nitrogen and oxygen atoms in total. The summed E-state index contributed by atoms with van der Waals surface area (Å²) in [5, 5.41) is 3.44. The molecule has 0 bridgehead atoms. The molecule has 3 aromatic rings. The van der Waals surface area contributed by atoms with Gasteiger partial charge in [0.25, 0.3) is 0 Å². The van der Waals surface area contributed by atoms with Gasteiger partial charge in [-0.2, -0.15) is 0 Å². The molecule has 2 fully saturated rings. The quantitative estimate of drug-likeness (QED) is 0.176. The van der Waals surface area contributed by atoms with Gasteiger partial charge in [0.05, 0.1) is 29.8 Å². The number of anilines is 1. The Morgan fingerprint density at radius 3 is 1.73 bits per heavy atom. The second kappa shape index (κ2) is 17.6. The van der Waals surface area contributed by atoms with Gasteiger partial charge in [-0.1, -0.05) is 60.7 Å². The zero-order chi connectivity index (χ0) is 30.4. The molecule has 1 N–H and O–H groups in total. The van der Waals surface area contributed by atoms with Crippen LogP contribution in [0, 0.1) is 0 Å². The Balaban J connectivity index is 1.23. The molecule has 2 aliphatic heterocycles. The molecule has 2 aliphatic rings. The van der Waals surface area contributed by atoms with E-state index >= 15 is 0 Å². The molecule has 0 radical (unpaired) electrons. The van der Waals surface area contributed by atoms with Gasteiger partial charge in [0.1, 0.15) is 5.82 Å². The van der Waals surface area contributed by atoms with Crippen molar-refractivity contribution in [2.75, 3.05) is 18.5 Å². The molecule has 0 amide bonds. The summed E-state index contributed by atoms with van der Waals surface area (Å²) >= 11 is 0. The van der Waals surface area contributed by atoms with Gasteiger partial charge in [0.2, 0.25) is 0 Å².